The zero-order valence-corrected chi connectivity index (χ0v) is 36.4. The monoisotopic (exact) mass is 876 g/mol. The van der Waals surface area contributed by atoms with Gasteiger partial charge in [0.25, 0.3) is 0 Å². The Bertz CT molecular complexity index is 2420. The molecule has 2 amide bonds. The fourth-order valence-corrected chi connectivity index (χ4v) is 7.91. The molecule has 62 heavy (non-hydrogen) atoms. The number of carbonyl (C=O) groups excluding carboxylic acids is 2. The van der Waals surface area contributed by atoms with Crippen LogP contribution in [0, 0.1) is 13.8 Å². The number of amides is 2. The summed E-state index contributed by atoms with van der Waals surface area (Å²) in [6.07, 6.45) is 3.90. The van der Waals surface area contributed by atoms with Gasteiger partial charge in [0.2, 0.25) is 11.8 Å². The second kappa shape index (κ2) is 21.7. The number of carbonyl (C=O) groups is 2. The van der Waals surface area contributed by atoms with Gasteiger partial charge in [-0.05, 0) is 98.1 Å². The molecule has 0 bridgehead atoms. The summed E-state index contributed by atoms with van der Waals surface area (Å²) < 4.78 is 22.8. The molecule has 4 heterocycles. The van der Waals surface area contributed by atoms with Crippen molar-refractivity contribution in [3.05, 3.63) is 117 Å². The first kappa shape index (κ1) is 44.1. The molecule has 14 nitrogen and oxygen atoms in total. The van der Waals surface area contributed by atoms with Gasteiger partial charge in [0, 0.05) is 56.9 Å². The normalized spacial score (nSPS) is 14.4. The van der Waals surface area contributed by atoms with Crippen LogP contribution in [-0.4, -0.2) is 93.4 Å². The lowest BCUT2D eigenvalue weighted by Crippen LogP contribution is -2.34. The average molecular weight is 877 g/mol. The highest BCUT2D eigenvalue weighted by atomic mass is 35.5. The molecule has 4 N–H and O–H groups in total. The minimum absolute atomic E-state index is 0.0248. The van der Waals surface area contributed by atoms with Crippen LogP contribution >= 0.6 is 22.9 Å². The summed E-state index contributed by atoms with van der Waals surface area (Å²) in [5.41, 5.74) is 11.2. The average Bonchev–Trinajstić information content (AvgIpc) is 3.74. The maximum absolute atomic E-state index is 13.4. The van der Waals surface area contributed by atoms with Gasteiger partial charge in [-0.25, -0.2) is 9.98 Å². The molecule has 0 unspecified atom stereocenters. The van der Waals surface area contributed by atoms with E-state index in [1.165, 1.54) is 0 Å². The predicted molar refractivity (Wildman–Crippen MR) is 247 cm³/mol. The number of fused-ring (bicyclic) bond motifs is 2. The molecule has 2 aliphatic heterocycles. The molecule has 3 aromatic carbocycles. The summed E-state index contributed by atoms with van der Waals surface area (Å²) in [6.45, 7) is 9.64. The van der Waals surface area contributed by atoms with Crippen molar-refractivity contribution in [2.45, 2.75) is 39.7 Å². The Morgan fingerprint density at radius 3 is 2.34 bits per heavy atom. The fourth-order valence-electron chi connectivity index (χ4n) is 6.74. The molecule has 2 aromatic heterocycles. The lowest BCUT2D eigenvalue weighted by molar-refractivity contribution is -0.116. The molecule has 7 rings (SSSR count). The summed E-state index contributed by atoms with van der Waals surface area (Å²) in [4.78, 5) is 40.8. The van der Waals surface area contributed by atoms with Gasteiger partial charge in [0.1, 0.15) is 35.1 Å². The number of amidine groups is 1. The number of pyridine rings is 1. The number of aliphatic imine (C=N–C) groups is 2. The van der Waals surface area contributed by atoms with Crippen molar-refractivity contribution < 1.29 is 28.5 Å². The van der Waals surface area contributed by atoms with Crippen LogP contribution in [0.2, 0.25) is 5.02 Å². The number of nitrogens with one attached hydrogen (secondary N) is 4. The highest BCUT2D eigenvalue weighted by Crippen LogP contribution is 2.39. The van der Waals surface area contributed by atoms with E-state index in [4.69, 9.17) is 40.5 Å². The maximum atomic E-state index is 13.4. The van der Waals surface area contributed by atoms with Gasteiger partial charge in [0.15, 0.2) is 0 Å². The smallest absolute Gasteiger partial charge is 0.228 e. The van der Waals surface area contributed by atoms with Gasteiger partial charge in [-0.1, -0.05) is 29.8 Å². The third kappa shape index (κ3) is 11.9. The Morgan fingerprint density at radius 1 is 0.903 bits per heavy atom. The molecule has 1 atom stereocenters. The number of benzene rings is 3. The largest absolute Gasteiger partial charge is 0.491 e. The number of thiophene rings is 1. The molecule has 322 valence electrons. The molecule has 0 fully saturated rings. The quantitative estimate of drug-likeness (QED) is 0.0344. The lowest BCUT2D eigenvalue weighted by Gasteiger charge is -2.16. The van der Waals surface area contributed by atoms with Crippen LogP contribution in [0.3, 0.4) is 0 Å². The summed E-state index contributed by atoms with van der Waals surface area (Å²) in [6, 6.07) is 24.0. The molecule has 2 aliphatic rings. The van der Waals surface area contributed by atoms with E-state index < -0.39 is 6.04 Å². The van der Waals surface area contributed by atoms with E-state index in [1.807, 2.05) is 60.8 Å². The standard InChI is InChI=1S/C46H49ClN8O6S/c1-4-50-55-45-39(53-44(31-5-9-35(47)10-6-31)43-29(2)30(3)62-46(43)54-45)27-42(57)51-36-11-13-37(14-12-36)61-24-23-60-22-21-59-20-19-58-18-17-48-40-16-8-33(28-49-40)32-7-15-38-34(25-32)26-41(56)52-38/h4-16,25,28,39H,17-24,26-27H2,1-3H3,(H,48,49)(H,51,57)(H,52,56)(H,54,55)/b50-4+/t39-/m0/s1. The van der Waals surface area contributed by atoms with Crippen molar-refractivity contribution in [1.29, 1.82) is 0 Å². The molecule has 5 aromatic rings. The fraction of sp³-hybridized carbons (Fsp3) is 0.304. The van der Waals surface area contributed by atoms with E-state index in [0.29, 0.717) is 81.5 Å². The van der Waals surface area contributed by atoms with Crippen molar-refractivity contribution in [3.63, 3.8) is 0 Å². The Balaban J connectivity index is 0.764. The summed E-state index contributed by atoms with van der Waals surface area (Å²) in [5, 5.41) is 14.8. The van der Waals surface area contributed by atoms with E-state index >= 15 is 0 Å². The number of ether oxygens (including phenoxy) is 4. The van der Waals surface area contributed by atoms with Crippen LogP contribution < -0.4 is 26.1 Å². The molecule has 0 saturated carbocycles. The number of aryl methyl sites for hydroxylation is 1. The Morgan fingerprint density at radius 2 is 1.61 bits per heavy atom. The predicted octanol–water partition coefficient (Wildman–Crippen LogP) is 7.99. The number of hydrogen-bond donors (Lipinski definition) is 4. The Kier molecular flexibility index (Phi) is 15.4. The second-order valence-electron chi connectivity index (χ2n) is 14.4. The van der Waals surface area contributed by atoms with Crippen molar-refractivity contribution in [3.8, 4) is 16.9 Å². The lowest BCUT2D eigenvalue weighted by atomic mass is 9.99. The van der Waals surface area contributed by atoms with E-state index in [-0.39, 0.29) is 18.2 Å². The van der Waals surface area contributed by atoms with E-state index in [1.54, 1.807) is 48.7 Å². The second-order valence-corrected chi connectivity index (χ2v) is 16.0. The Labute approximate surface area is 369 Å². The van der Waals surface area contributed by atoms with Crippen LogP contribution in [-0.2, 0) is 30.2 Å². The van der Waals surface area contributed by atoms with Crippen LogP contribution in [0.15, 0.2) is 100 Å². The number of halogens is 1. The highest BCUT2D eigenvalue weighted by Gasteiger charge is 2.29. The molecule has 16 heteroatoms. The number of aromatic nitrogens is 1. The van der Waals surface area contributed by atoms with Crippen molar-refractivity contribution in [2.75, 3.05) is 68.7 Å². The number of rotatable bonds is 20. The van der Waals surface area contributed by atoms with Gasteiger partial charge in [0.05, 0.1) is 58.2 Å². The minimum atomic E-state index is -0.622. The van der Waals surface area contributed by atoms with E-state index in [9.17, 15) is 9.59 Å². The Hall–Kier alpha value is -5.97. The summed E-state index contributed by atoms with van der Waals surface area (Å²) >= 11 is 7.80. The van der Waals surface area contributed by atoms with Crippen molar-refractivity contribution in [2.24, 2.45) is 15.1 Å². The zero-order chi connectivity index (χ0) is 43.3. The summed E-state index contributed by atoms with van der Waals surface area (Å²) in [7, 11) is 0. The maximum Gasteiger partial charge on any atom is 0.228 e. The van der Waals surface area contributed by atoms with Crippen LogP contribution in [0.5, 0.6) is 5.75 Å². The third-order valence-electron chi connectivity index (χ3n) is 9.99. The third-order valence-corrected chi connectivity index (χ3v) is 11.3. The molecule has 0 radical (unpaired) electrons. The van der Waals surface area contributed by atoms with Gasteiger partial charge in [-0.15, -0.1) is 11.3 Å². The highest BCUT2D eigenvalue weighted by molar-refractivity contribution is 7.16. The molecule has 0 saturated heterocycles. The van der Waals surface area contributed by atoms with Gasteiger partial charge < -0.3 is 34.9 Å². The van der Waals surface area contributed by atoms with Gasteiger partial charge >= 0.3 is 0 Å². The molecular formula is C46H49ClN8O6S. The number of hydrogen-bond acceptors (Lipinski definition) is 13. The van der Waals surface area contributed by atoms with Crippen molar-refractivity contribution >= 4 is 74.7 Å². The van der Waals surface area contributed by atoms with Crippen LogP contribution in [0.25, 0.3) is 11.1 Å². The zero-order valence-electron chi connectivity index (χ0n) is 34.8. The van der Waals surface area contributed by atoms with E-state index in [2.05, 4.69) is 45.3 Å². The van der Waals surface area contributed by atoms with Crippen LogP contribution in [0.1, 0.15) is 40.5 Å². The first-order valence-corrected chi connectivity index (χ1v) is 21.6. The topological polar surface area (TPSA) is 169 Å². The molecule has 0 spiro atoms. The van der Waals surface area contributed by atoms with Crippen LogP contribution in [0.4, 0.5) is 22.2 Å². The van der Waals surface area contributed by atoms with Gasteiger partial charge in [-0.2, -0.15) is 5.10 Å². The minimum Gasteiger partial charge on any atom is -0.491 e. The molecule has 0 aliphatic carbocycles. The first-order valence-electron chi connectivity index (χ1n) is 20.4. The summed E-state index contributed by atoms with van der Waals surface area (Å²) in [5.74, 6) is 1.71. The van der Waals surface area contributed by atoms with Gasteiger partial charge in [-0.3, -0.25) is 20.0 Å². The number of nitrogens with zero attached hydrogens (tertiary/aromatic N) is 4. The first-order chi connectivity index (χ1) is 30.2. The number of hydrazone groups is 1. The molecular weight excluding hydrogens is 828 g/mol. The SMILES string of the molecule is C/C=N/NC1=Nc2sc(C)c(C)c2C(c2ccc(Cl)cc2)=N[C@H]1CC(=O)Nc1ccc(OCCOCCOCCOCCNc2ccc(-c3ccc4c(c3)CC(=O)N4)cn2)cc1. The number of anilines is 3. The van der Waals surface area contributed by atoms with E-state index in [0.717, 1.165) is 60.5 Å². The van der Waals surface area contributed by atoms with Crippen molar-refractivity contribution in [1.82, 2.24) is 10.4 Å².